The molecule has 0 aliphatic carbocycles. The Kier molecular flexibility index (Phi) is 3.91. The lowest BCUT2D eigenvalue weighted by atomic mass is 10.2. The van der Waals surface area contributed by atoms with Crippen LogP contribution < -0.4 is 5.32 Å². The summed E-state index contributed by atoms with van der Waals surface area (Å²) in [4.78, 5) is 11.3. The van der Waals surface area contributed by atoms with Gasteiger partial charge < -0.3 is 5.32 Å². The average molecular weight is 366 g/mol. The number of fused-ring (bicyclic) bond motifs is 1. The van der Waals surface area contributed by atoms with Crippen LogP contribution in [0.4, 0.5) is 10.2 Å². The van der Waals surface area contributed by atoms with Crippen LogP contribution in [0, 0.1) is 12.7 Å². The van der Waals surface area contributed by atoms with Gasteiger partial charge in [0.2, 0.25) is 0 Å². The van der Waals surface area contributed by atoms with Crippen molar-refractivity contribution in [2.75, 3.05) is 11.9 Å². The molecular weight excluding hydrogens is 353 g/mol. The van der Waals surface area contributed by atoms with E-state index in [4.69, 9.17) is 0 Å². The molecule has 0 saturated carbocycles. The van der Waals surface area contributed by atoms with Gasteiger partial charge in [-0.3, -0.25) is 0 Å². The van der Waals surface area contributed by atoms with E-state index in [1.807, 2.05) is 6.92 Å². The molecule has 0 fully saturated rings. The number of rotatable bonds is 3. The Bertz CT molecular complexity index is 816. The van der Waals surface area contributed by atoms with Gasteiger partial charge in [-0.15, -0.1) is 11.3 Å². The monoisotopic (exact) mass is 365 g/mol. The highest BCUT2D eigenvalue weighted by Gasteiger charge is 2.13. The first-order valence-electron chi connectivity index (χ1n) is 6.56. The summed E-state index contributed by atoms with van der Waals surface area (Å²) in [7, 11) is 0. The average Bonchev–Trinajstić information content (AvgIpc) is 2.79. The molecule has 3 nitrogen and oxygen atoms in total. The normalized spacial score (nSPS) is 11.0. The van der Waals surface area contributed by atoms with Crippen molar-refractivity contribution < 1.29 is 4.39 Å². The second-order valence-electron chi connectivity index (χ2n) is 4.63. The zero-order valence-corrected chi connectivity index (χ0v) is 14.0. The first-order valence-corrected chi connectivity index (χ1v) is 8.17. The molecular formula is C15H13BrFN3S. The summed E-state index contributed by atoms with van der Waals surface area (Å²) < 4.78 is 13.9. The molecule has 3 rings (SSSR count). The van der Waals surface area contributed by atoms with Crippen molar-refractivity contribution >= 4 is 43.3 Å². The van der Waals surface area contributed by atoms with Crippen LogP contribution in [0.15, 0.2) is 28.7 Å². The van der Waals surface area contributed by atoms with E-state index < -0.39 is 0 Å². The number of thiophene rings is 1. The number of halogens is 2. The molecule has 3 aromatic rings. The standard InChI is InChI=1S/C15H13BrFN3S/c1-3-18-13-11-6-8(2)21-15(11)20-14(19-13)10-5-4-9(17)7-12(10)16/h4-7H,3H2,1-2H3,(H,18,19,20). The van der Waals surface area contributed by atoms with Crippen LogP contribution in [0.1, 0.15) is 11.8 Å². The van der Waals surface area contributed by atoms with E-state index in [1.54, 1.807) is 17.4 Å². The Hall–Kier alpha value is -1.53. The summed E-state index contributed by atoms with van der Waals surface area (Å²) in [6.07, 6.45) is 0. The molecule has 0 aliphatic rings. The van der Waals surface area contributed by atoms with Gasteiger partial charge in [-0.2, -0.15) is 0 Å². The predicted octanol–water partition coefficient (Wildman–Crippen LogP) is 5.00. The minimum atomic E-state index is -0.287. The fourth-order valence-corrected chi connectivity index (χ4v) is 3.54. The summed E-state index contributed by atoms with van der Waals surface area (Å²) in [5.41, 5.74) is 0.781. The number of nitrogens with zero attached hydrogens (tertiary/aromatic N) is 2. The van der Waals surface area contributed by atoms with E-state index in [-0.39, 0.29) is 5.82 Å². The Morgan fingerprint density at radius 3 is 2.81 bits per heavy atom. The van der Waals surface area contributed by atoms with Crippen molar-refractivity contribution in [2.45, 2.75) is 13.8 Å². The molecule has 21 heavy (non-hydrogen) atoms. The first kappa shape index (κ1) is 14.4. The maximum absolute atomic E-state index is 13.2. The number of aryl methyl sites for hydroxylation is 1. The minimum Gasteiger partial charge on any atom is -0.370 e. The van der Waals surface area contributed by atoms with Crippen LogP contribution in [-0.4, -0.2) is 16.5 Å². The first-order chi connectivity index (χ1) is 10.1. The fraction of sp³-hybridized carbons (Fsp3) is 0.200. The number of aromatic nitrogens is 2. The predicted molar refractivity (Wildman–Crippen MR) is 89.4 cm³/mol. The highest BCUT2D eigenvalue weighted by molar-refractivity contribution is 9.10. The number of hydrogen-bond acceptors (Lipinski definition) is 4. The summed E-state index contributed by atoms with van der Waals surface area (Å²) in [5.74, 6) is 1.12. The molecule has 0 aliphatic heterocycles. The second kappa shape index (κ2) is 5.69. The second-order valence-corrected chi connectivity index (χ2v) is 6.72. The minimum absolute atomic E-state index is 0.287. The van der Waals surface area contributed by atoms with Gasteiger partial charge >= 0.3 is 0 Å². The van der Waals surface area contributed by atoms with Crippen LogP contribution in [0.3, 0.4) is 0 Å². The van der Waals surface area contributed by atoms with Gasteiger partial charge in [-0.25, -0.2) is 14.4 Å². The molecule has 2 aromatic heterocycles. The molecule has 1 N–H and O–H groups in total. The summed E-state index contributed by atoms with van der Waals surface area (Å²) in [5, 5.41) is 4.30. The van der Waals surface area contributed by atoms with Gasteiger partial charge in [0.15, 0.2) is 5.82 Å². The van der Waals surface area contributed by atoms with Crippen LogP contribution in [-0.2, 0) is 0 Å². The van der Waals surface area contributed by atoms with Gasteiger partial charge in [0.1, 0.15) is 16.5 Å². The topological polar surface area (TPSA) is 37.8 Å². The molecule has 108 valence electrons. The Labute approximate surface area is 134 Å². The highest BCUT2D eigenvalue weighted by atomic mass is 79.9. The van der Waals surface area contributed by atoms with E-state index in [1.165, 1.54) is 17.0 Å². The van der Waals surface area contributed by atoms with Crippen molar-refractivity contribution in [1.82, 2.24) is 9.97 Å². The molecule has 0 spiro atoms. The zero-order chi connectivity index (χ0) is 15.0. The summed E-state index contributed by atoms with van der Waals surface area (Å²) in [6, 6.07) is 6.62. The third kappa shape index (κ3) is 2.78. The van der Waals surface area contributed by atoms with Crippen molar-refractivity contribution in [2.24, 2.45) is 0 Å². The molecule has 0 radical (unpaired) electrons. The van der Waals surface area contributed by atoms with Crippen molar-refractivity contribution in [3.8, 4) is 11.4 Å². The number of benzene rings is 1. The number of anilines is 1. The van der Waals surface area contributed by atoms with Crippen LogP contribution >= 0.6 is 27.3 Å². The van der Waals surface area contributed by atoms with Crippen molar-refractivity contribution in [3.05, 3.63) is 39.4 Å². The lowest BCUT2D eigenvalue weighted by Crippen LogP contribution is -2.02. The quantitative estimate of drug-likeness (QED) is 0.709. The Balaban J connectivity index is 2.22. The van der Waals surface area contributed by atoms with Gasteiger partial charge in [-0.05, 0) is 54.0 Å². The van der Waals surface area contributed by atoms with Gasteiger partial charge in [0.25, 0.3) is 0 Å². The maximum Gasteiger partial charge on any atom is 0.164 e. The molecule has 6 heteroatoms. The third-order valence-corrected chi connectivity index (χ3v) is 4.63. The van der Waals surface area contributed by atoms with Crippen molar-refractivity contribution in [3.63, 3.8) is 0 Å². The van der Waals surface area contributed by atoms with Crippen LogP contribution in [0.2, 0.25) is 0 Å². The lowest BCUT2D eigenvalue weighted by molar-refractivity contribution is 0.627. The number of nitrogens with one attached hydrogen (secondary N) is 1. The summed E-state index contributed by atoms with van der Waals surface area (Å²) in [6.45, 7) is 4.86. The van der Waals surface area contributed by atoms with E-state index in [0.29, 0.717) is 10.3 Å². The molecule has 0 amide bonds. The van der Waals surface area contributed by atoms with Gasteiger partial charge in [0.05, 0.1) is 5.39 Å². The SMILES string of the molecule is CCNc1nc(-c2ccc(F)cc2Br)nc2sc(C)cc12. The molecule has 0 unspecified atom stereocenters. The van der Waals surface area contributed by atoms with E-state index in [0.717, 1.165) is 28.1 Å². The van der Waals surface area contributed by atoms with Crippen LogP contribution in [0.5, 0.6) is 0 Å². The maximum atomic E-state index is 13.2. The van der Waals surface area contributed by atoms with Gasteiger partial charge in [-0.1, -0.05) is 0 Å². The lowest BCUT2D eigenvalue weighted by Gasteiger charge is -2.08. The van der Waals surface area contributed by atoms with E-state index in [9.17, 15) is 4.39 Å². The van der Waals surface area contributed by atoms with Gasteiger partial charge in [0, 0.05) is 21.5 Å². The zero-order valence-electron chi connectivity index (χ0n) is 11.6. The third-order valence-electron chi connectivity index (χ3n) is 3.03. The largest absolute Gasteiger partial charge is 0.370 e. The number of hydrogen-bond donors (Lipinski definition) is 1. The smallest absolute Gasteiger partial charge is 0.164 e. The highest BCUT2D eigenvalue weighted by Crippen LogP contribution is 2.33. The van der Waals surface area contributed by atoms with Crippen LogP contribution in [0.25, 0.3) is 21.6 Å². The van der Waals surface area contributed by atoms with Crippen molar-refractivity contribution in [1.29, 1.82) is 0 Å². The fourth-order valence-electron chi connectivity index (χ4n) is 2.14. The molecule has 0 atom stereocenters. The Morgan fingerprint density at radius 2 is 2.10 bits per heavy atom. The Morgan fingerprint density at radius 1 is 1.29 bits per heavy atom. The molecule has 1 aromatic carbocycles. The summed E-state index contributed by atoms with van der Waals surface area (Å²) >= 11 is 5.01. The molecule has 2 heterocycles. The van der Waals surface area contributed by atoms with E-state index in [2.05, 4.69) is 44.2 Å². The molecule has 0 bridgehead atoms. The molecule has 0 saturated heterocycles. The van der Waals surface area contributed by atoms with E-state index >= 15 is 0 Å².